The molecule has 0 unspecified atom stereocenters. The minimum atomic E-state index is 0.799. The number of aromatic nitrogens is 2. The summed E-state index contributed by atoms with van der Waals surface area (Å²) in [5.41, 5.74) is 3.92. The molecule has 0 aromatic carbocycles. The van der Waals surface area contributed by atoms with E-state index in [1.807, 2.05) is 0 Å². The van der Waals surface area contributed by atoms with Crippen molar-refractivity contribution in [1.82, 2.24) is 15.1 Å². The van der Waals surface area contributed by atoms with Gasteiger partial charge < -0.3 is 0 Å². The van der Waals surface area contributed by atoms with Crippen LogP contribution in [0.5, 0.6) is 0 Å². The van der Waals surface area contributed by atoms with Gasteiger partial charge in [-0.15, -0.1) is 0 Å². The van der Waals surface area contributed by atoms with Crippen molar-refractivity contribution in [2.75, 3.05) is 6.54 Å². The number of nitrogens with zero attached hydrogens (tertiary/aromatic N) is 2. The second-order valence-corrected chi connectivity index (χ2v) is 4.66. The molecule has 0 fully saturated rings. The van der Waals surface area contributed by atoms with Gasteiger partial charge in [-0.1, -0.05) is 13.8 Å². The van der Waals surface area contributed by atoms with Gasteiger partial charge in [-0.25, -0.2) is 0 Å². The van der Waals surface area contributed by atoms with Gasteiger partial charge in [0.1, 0.15) is 0 Å². The lowest BCUT2D eigenvalue weighted by Crippen LogP contribution is -2.19. The Kier molecular flexibility index (Phi) is 2.59. The molecule has 0 aliphatic carbocycles. The fraction of sp³-hybridized carbons (Fsp3) is 0.727. The first-order valence-corrected chi connectivity index (χ1v) is 5.42. The number of rotatable bonds is 3. The van der Waals surface area contributed by atoms with Crippen molar-refractivity contribution in [3.05, 3.63) is 17.0 Å². The van der Waals surface area contributed by atoms with E-state index in [9.17, 15) is 0 Å². The molecule has 3 nitrogen and oxygen atoms in total. The molecule has 14 heavy (non-hydrogen) atoms. The van der Waals surface area contributed by atoms with E-state index in [0.29, 0.717) is 0 Å². The first-order valence-electron chi connectivity index (χ1n) is 5.42. The normalized spacial score (nSPS) is 16.6. The molecule has 0 saturated heterocycles. The van der Waals surface area contributed by atoms with Crippen LogP contribution >= 0.6 is 0 Å². The highest BCUT2D eigenvalue weighted by Gasteiger charge is 2.22. The summed E-state index contributed by atoms with van der Waals surface area (Å²) < 4.78 is 0. The van der Waals surface area contributed by atoms with Crippen LogP contribution in [0.1, 0.15) is 37.2 Å². The van der Waals surface area contributed by atoms with Gasteiger partial charge in [-0.05, 0) is 25.8 Å². The molecule has 0 spiro atoms. The Morgan fingerprint density at radius 3 is 2.86 bits per heavy atom. The van der Waals surface area contributed by atoms with E-state index < -0.39 is 0 Å². The fourth-order valence-corrected chi connectivity index (χ4v) is 1.95. The van der Waals surface area contributed by atoms with Crippen molar-refractivity contribution in [2.24, 2.45) is 5.92 Å². The Labute approximate surface area is 85.5 Å². The van der Waals surface area contributed by atoms with Crippen LogP contribution in [0.15, 0.2) is 0 Å². The predicted molar refractivity (Wildman–Crippen MR) is 56.9 cm³/mol. The number of aryl methyl sites for hydroxylation is 1. The zero-order valence-corrected chi connectivity index (χ0v) is 9.30. The maximum absolute atomic E-state index is 4.22. The number of aromatic amines is 1. The fourth-order valence-electron chi connectivity index (χ4n) is 1.95. The van der Waals surface area contributed by atoms with Crippen LogP contribution in [-0.2, 0) is 13.1 Å². The summed E-state index contributed by atoms with van der Waals surface area (Å²) >= 11 is 0. The monoisotopic (exact) mass is 193 g/mol. The SMILES string of the molecule is Cc1n[nH]c2c1CN(CCC(C)C)C2. The molecular weight excluding hydrogens is 174 g/mol. The van der Waals surface area contributed by atoms with Gasteiger partial charge in [0.05, 0.1) is 11.4 Å². The van der Waals surface area contributed by atoms with Crippen LogP contribution in [-0.4, -0.2) is 21.6 Å². The number of nitrogens with one attached hydrogen (secondary N) is 1. The highest BCUT2D eigenvalue weighted by atomic mass is 15.2. The second kappa shape index (κ2) is 3.73. The lowest BCUT2D eigenvalue weighted by Gasteiger charge is -2.16. The summed E-state index contributed by atoms with van der Waals surface area (Å²) in [7, 11) is 0. The molecule has 0 atom stereocenters. The van der Waals surface area contributed by atoms with Crippen molar-refractivity contribution >= 4 is 0 Å². The Morgan fingerprint density at radius 1 is 1.43 bits per heavy atom. The molecule has 1 aliphatic rings. The van der Waals surface area contributed by atoms with E-state index in [1.165, 1.54) is 29.9 Å². The molecule has 1 aromatic rings. The summed E-state index contributed by atoms with van der Waals surface area (Å²) in [5.74, 6) is 0.799. The average molecular weight is 193 g/mol. The Bertz CT molecular complexity index is 314. The van der Waals surface area contributed by atoms with Crippen LogP contribution < -0.4 is 0 Å². The lowest BCUT2D eigenvalue weighted by atomic mass is 10.1. The standard InChI is InChI=1S/C11H19N3/c1-8(2)4-5-14-6-10-9(3)12-13-11(10)7-14/h8H,4-7H2,1-3H3,(H,12,13). The largest absolute Gasteiger partial charge is 0.293 e. The third kappa shape index (κ3) is 1.82. The lowest BCUT2D eigenvalue weighted by molar-refractivity contribution is 0.262. The molecule has 2 rings (SSSR count). The van der Waals surface area contributed by atoms with Crippen molar-refractivity contribution < 1.29 is 0 Å². The maximum Gasteiger partial charge on any atom is 0.0639 e. The van der Waals surface area contributed by atoms with Crippen LogP contribution in [0, 0.1) is 12.8 Å². The van der Waals surface area contributed by atoms with Gasteiger partial charge in [0, 0.05) is 18.7 Å². The molecule has 1 N–H and O–H groups in total. The van der Waals surface area contributed by atoms with E-state index in [0.717, 1.165) is 19.0 Å². The number of H-pyrrole nitrogens is 1. The van der Waals surface area contributed by atoms with Crippen LogP contribution in [0.3, 0.4) is 0 Å². The predicted octanol–water partition coefficient (Wildman–Crippen LogP) is 2.08. The van der Waals surface area contributed by atoms with Crippen molar-refractivity contribution in [2.45, 2.75) is 40.3 Å². The van der Waals surface area contributed by atoms with Crippen molar-refractivity contribution in [3.8, 4) is 0 Å². The zero-order valence-electron chi connectivity index (χ0n) is 9.30. The molecule has 0 saturated carbocycles. The molecule has 1 aromatic heterocycles. The van der Waals surface area contributed by atoms with E-state index in [4.69, 9.17) is 0 Å². The van der Waals surface area contributed by atoms with Gasteiger partial charge >= 0.3 is 0 Å². The van der Waals surface area contributed by atoms with E-state index in [2.05, 4.69) is 35.9 Å². The number of hydrogen-bond donors (Lipinski definition) is 1. The van der Waals surface area contributed by atoms with Gasteiger partial charge in [0.15, 0.2) is 0 Å². The number of hydrogen-bond acceptors (Lipinski definition) is 2. The first kappa shape index (κ1) is 9.71. The highest BCUT2D eigenvalue weighted by Crippen LogP contribution is 2.23. The summed E-state index contributed by atoms with van der Waals surface area (Å²) in [6.45, 7) is 10.00. The Hall–Kier alpha value is -0.830. The quantitative estimate of drug-likeness (QED) is 0.797. The molecule has 3 heteroatoms. The molecule has 78 valence electrons. The molecule has 1 aliphatic heterocycles. The third-order valence-electron chi connectivity index (χ3n) is 2.95. The van der Waals surface area contributed by atoms with E-state index in [-0.39, 0.29) is 0 Å². The molecule has 0 amide bonds. The van der Waals surface area contributed by atoms with Gasteiger partial charge in [0.25, 0.3) is 0 Å². The summed E-state index contributed by atoms with van der Waals surface area (Å²) in [6, 6.07) is 0. The first-order chi connectivity index (χ1) is 6.66. The zero-order chi connectivity index (χ0) is 10.1. The minimum absolute atomic E-state index is 0.799. The van der Waals surface area contributed by atoms with Gasteiger partial charge in [0.2, 0.25) is 0 Å². The molecular formula is C11H19N3. The average Bonchev–Trinajstić information content (AvgIpc) is 2.65. The van der Waals surface area contributed by atoms with Gasteiger partial charge in [-0.2, -0.15) is 5.10 Å². The van der Waals surface area contributed by atoms with E-state index in [1.54, 1.807) is 0 Å². The number of fused-ring (bicyclic) bond motifs is 1. The van der Waals surface area contributed by atoms with Crippen LogP contribution in [0.25, 0.3) is 0 Å². The van der Waals surface area contributed by atoms with Crippen molar-refractivity contribution in [1.29, 1.82) is 0 Å². The third-order valence-corrected chi connectivity index (χ3v) is 2.95. The highest BCUT2D eigenvalue weighted by molar-refractivity contribution is 5.27. The maximum atomic E-state index is 4.22. The summed E-state index contributed by atoms with van der Waals surface area (Å²) in [4.78, 5) is 2.50. The second-order valence-electron chi connectivity index (χ2n) is 4.66. The Morgan fingerprint density at radius 2 is 2.21 bits per heavy atom. The molecule has 0 radical (unpaired) electrons. The van der Waals surface area contributed by atoms with E-state index >= 15 is 0 Å². The Balaban J connectivity index is 1.92. The summed E-state index contributed by atoms with van der Waals surface area (Å²) in [6.07, 6.45) is 1.29. The summed E-state index contributed by atoms with van der Waals surface area (Å²) in [5, 5.41) is 7.33. The molecule has 0 bridgehead atoms. The topological polar surface area (TPSA) is 31.9 Å². The minimum Gasteiger partial charge on any atom is -0.293 e. The van der Waals surface area contributed by atoms with Gasteiger partial charge in [-0.3, -0.25) is 10.00 Å². The van der Waals surface area contributed by atoms with Crippen LogP contribution in [0.4, 0.5) is 0 Å². The van der Waals surface area contributed by atoms with Crippen molar-refractivity contribution in [3.63, 3.8) is 0 Å². The van der Waals surface area contributed by atoms with Crippen LogP contribution in [0.2, 0.25) is 0 Å². The smallest absolute Gasteiger partial charge is 0.0639 e. The molecule has 2 heterocycles.